The molecule has 2 N–H and O–H groups in total. The number of rotatable bonds is 6. The maximum atomic E-state index is 12.7. The van der Waals surface area contributed by atoms with Crippen LogP contribution in [-0.2, 0) is 0 Å². The molecule has 1 aliphatic rings. The first-order valence-electron chi connectivity index (χ1n) is 7.30. The largest absolute Gasteiger partial charge is 0.401 e. The van der Waals surface area contributed by atoms with Crippen LogP contribution in [0.4, 0.5) is 13.2 Å². The molecule has 1 aromatic carbocycles. The van der Waals surface area contributed by atoms with E-state index in [-0.39, 0.29) is 12.1 Å². The van der Waals surface area contributed by atoms with Gasteiger partial charge in [0.05, 0.1) is 6.54 Å². The molecular weight excluding hydrogens is 277 g/mol. The lowest BCUT2D eigenvalue weighted by Crippen LogP contribution is -2.45. The fraction of sp³-hybridized carbons (Fsp3) is 0.625. The summed E-state index contributed by atoms with van der Waals surface area (Å²) in [6, 6.07) is 9.35. The Morgan fingerprint density at radius 3 is 2.19 bits per heavy atom. The maximum absolute atomic E-state index is 12.7. The van der Waals surface area contributed by atoms with Crippen molar-refractivity contribution in [2.24, 2.45) is 11.1 Å². The molecule has 0 radical (unpaired) electrons. The third-order valence-electron chi connectivity index (χ3n) is 4.06. The molecule has 5 heteroatoms. The molecule has 0 aliphatic heterocycles. The van der Waals surface area contributed by atoms with Gasteiger partial charge in [0, 0.05) is 18.6 Å². The van der Waals surface area contributed by atoms with Gasteiger partial charge < -0.3 is 5.73 Å². The van der Waals surface area contributed by atoms with Crippen LogP contribution in [0.15, 0.2) is 30.3 Å². The van der Waals surface area contributed by atoms with Gasteiger partial charge >= 0.3 is 6.18 Å². The van der Waals surface area contributed by atoms with Crippen LogP contribution in [0.1, 0.15) is 38.3 Å². The smallest absolute Gasteiger partial charge is 0.323 e. The highest BCUT2D eigenvalue weighted by Gasteiger charge is 2.41. The Hall–Kier alpha value is -1.07. The number of nitrogens with two attached hydrogens (primary N) is 1. The van der Waals surface area contributed by atoms with Crippen LogP contribution in [0.25, 0.3) is 0 Å². The van der Waals surface area contributed by atoms with E-state index in [1.165, 1.54) is 0 Å². The van der Waals surface area contributed by atoms with Crippen molar-refractivity contribution in [2.75, 3.05) is 13.1 Å². The average molecular weight is 300 g/mol. The highest BCUT2D eigenvalue weighted by Crippen LogP contribution is 2.37. The van der Waals surface area contributed by atoms with Gasteiger partial charge in [0.1, 0.15) is 0 Å². The average Bonchev–Trinajstić information content (AvgIpc) is 3.20. The molecule has 0 saturated heterocycles. The maximum Gasteiger partial charge on any atom is 0.401 e. The SMILES string of the molecule is CC(C)(CN(CC(F)(F)F)C1CC1)C(N)c1ccccc1. The van der Waals surface area contributed by atoms with Crippen molar-refractivity contribution in [1.29, 1.82) is 0 Å². The van der Waals surface area contributed by atoms with E-state index in [2.05, 4.69) is 0 Å². The molecule has 1 atom stereocenters. The topological polar surface area (TPSA) is 29.3 Å². The van der Waals surface area contributed by atoms with E-state index in [1.54, 1.807) is 4.90 Å². The van der Waals surface area contributed by atoms with Crippen LogP contribution in [-0.4, -0.2) is 30.2 Å². The fourth-order valence-electron chi connectivity index (χ4n) is 2.72. The van der Waals surface area contributed by atoms with Gasteiger partial charge in [-0.05, 0) is 23.8 Å². The Morgan fingerprint density at radius 1 is 1.14 bits per heavy atom. The monoisotopic (exact) mass is 300 g/mol. The van der Waals surface area contributed by atoms with Crippen molar-refractivity contribution in [2.45, 2.75) is 44.9 Å². The van der Waals surface area contributed by atoms with E-state index < -0.39 is 18.1 Å². The Bertz CT molecular complexity index is 452. The molecule has 1 unspecified atom stereocenters. The van der Waals surface area contributed by atoms with Crippen molar-refractivity contribution in [3.8, 4) is 0 Å². The lowest BCUT2D eigenvalue weighted by Gasteiger charge is -2.37. The van der Waals surface area contributed by atoms with Crippen LogP contribution >= 0.6 is 0 Å². The van der Waals surface area contributed by atoms with Gasteiger partial charge in [-0.15, -0.1) is 0 Å². The Balaban J connectivity index is 2.07. The Labute approximate surface area is 124 Å². The van der Waals surface area contributed by atoms with Crippen LogP contribution in [0, 0.1) is 5.41 Å². The lowest BCUT2D eigenvalue weighted by atomic mass is 9.80. The van der Waals surface area contributed by atoms with Crippen molar-refractivity contribution in [3.05, 3.63) is 35.9 Å². The summed E-state index contributed by atoms with van der Waals surface area (Å²) in [5, 5.41) is 0. The first kappa shape index (κ1) is 16.3. The first-order chi connectivity index (χ1) is 9.69. The van der Waals surface area contributed by atoms with Gasteiger partial charge in [-0.25, -0.2) is 0 Å². The number of alkyl halides is 3. The molecule has 21 heavy (non-hydrogen) atoms. The number of nitrogens with zero attached hydrogens (tertiary/aromatic N) is 1. The predicted octanol–water partition coefficient (Wildman–Crippen LogP) is 3.74. The lowest BCUT2D eigenvalue weighted by molar-refractivity contribution is -0.150. The van der Waals surface area contributed by atoms with Gasteiger partial charge in [0.15, 0.2) is 0 Å². The molecule has 0 bridgehead atoms. The molecular formula is C16H23F3N2. The van der Waals surface area contributed by atoms with E-state index in [1.807, 2.05) is 44.2 Å². The van der Waals surface area contributed by atoms with Crippen molar-refractivity contribution >= 4 is 0 Å². The van der Waals surface area contributed by atoms with E-state index >= 15 is 0 Å². The van der Waals surface area contributed by atoms with Crippen LogP contribution in [0.5, 0.6) is 0 Å². The highest BCUT2D eigenvalue weighted by atomic mass is 19.4. The minimum Gasteiger partial charge on any atom is -0.323 e. The van der Waals surface area contributed by atoms with Crippen LogP contribution in [0.3, 0.4) is 0 Å². The second kappa shape index (κ2) is 5.97. The quantitative estimate of drug-likeness (QED) is 0.867. The molecule has 1 aromatic rings. The fourth-order valence-corrected chi connectivity index (χ4v) is 2.72. The van der Waals surface area contributed by atoms with Gasteiger partial charge in [0.2, 0.25) is 0 Å². The summed E-state index contributed by atoms with van der Waals surface area (Å²) in [5.41, 5.74) is 6.84. The van der Waals surface area contributed by atoms with Crippen LogP contribution < -0.4 is 5.73 Å². The molecule has 1 aliphatic carbocycles. The molecule has 2 nitrogen and oxygen atoms in total. The Morgan fingerprint density at radius 2 is 1.71 bits per heavy atom. The summed E-state index contributed by atoms with van der Waals surface area (Å²) >= 11 is 0. The van der Waals surface area contributed by atoms with Gasteiger partial charge in [-0.2, -0.15) is 13.2 Å². The first-order valence-corrected chi connectivity index (χ1v) is 7.30. The summed E-state index contributed by atoms with van der Waals surface area (Å²) in [4.78, 5) is 1.54. The van der Waals surface area contributed by atoms with E-state index in [0.29, 0.717) is 6.54 Å². The van der Waals surface area contributed by atoms with Gasteiger partial charge in [-0.1, -0.05) is 44.2 Å². The molecule has 0 aromatic heterocycles. The zero-order valence-electron chi connectivity index (χ0n) is 12.5. The molecule has 0 amide bonds. The zero-order chi connectivity index (χ0) is 15.7. The van der Waals surface area contributed by atoms with Crippen molar-refractivity contribution in [1.82, 2.24) is 4.90 Å². The highest BCUT2D eigenvalue weighted by molar-refractivity contribution is 5.20. The minimum absolute atomic E-state index is 0.0638. The molecule has 118 valence electrons. The summed E-state index contributed by atoms with van der Waals surface area (Å²) in [6.45, 7) is 3.39. The van der Waals surface area contributed by atoms with Gasteiger partial charge in [0.25, 0.3) is 0 Å². The molecule has 2 rings (SSSR count). The van der Waals surface area contributed by atoms with E-state index in [4.69, 9.17) is 5.73 Å². The zero-order valence-corrected chi connectivity index (χ0v) is 12.5. The summed E-state index contributed by atoms with van der Waals surface area (Å²) < 4.78 is 38.2. The number of benzene rings is 1. The van der Waals surface area contributed by atoms with Crippen LogP contribution in [0.2, 0.25) is 0 Å². The molecule has 1 fully saturated rings. The standard InChI is InChI=1S/C16H23F3N2/c1-15(2,14(20)12-6-4-3-5-7-12)10-21(13-8-9-13)11-16(17,18)19/h3-7,13-14H,8-11,20H2,1-2H3. The van der Waals surface area contributed by atoms with Crippen molar-refractivity contribution in [3.63, 3.8) is 0 Å². The van der Waals surface area contributed by atoms with E-state index in [9.17, 15) is 13.2 Å². The Kier molecular flexibility index (Phi) is 4.63. The third kappa shape index (κ3) is 4.71. The number of hydrogen-bond donors (Lipinski definition) is 1. The molecule has 0 spiro atoms. The molecule has 0 heterocycles. The molecule has 1 saturated carbocycles. The van der Waals surface area contributed by atoms with Crippen molar-refractivity contribution < 1.29 is 13.2 Å². The summed E-state index contributed by atoms with van der Waals surface area (Å²) in [6.07, 6.45) is -2.45. The summed E-state index contributed by atoms with van der Waals surface area (Å²) in [7, 11) is 0. The summed E-state index contributed by atoms with van der Waals surface area (Å²) in [5.74, 6) is 0. The second-order valence-corrected chi connectivity index (χ2v) is 6.63. The van der Waals surface area contributed by atoms with Gasteiger partial charge in [-0.3, -0.25) is 4.90 Å². The normalized spacial score (nSPS) is 18.0. The van der Waals surface area contributed by atoms with E-state index in [0.717, 1.165) is 18.4 Å². The number of halogens is 3. The third-order valence-corrected chi connectivity index (χ3v) is 4.06. The predicted molar refractivity (Wildman–Crippen MR) is 77.8 cm³/mol. The minimum atomic E-state index is -4.16. The second-order valence-electron chi connectivity index (χ2n) is 6.63. The number of hydrogen-bond acceptors (Lipinski definition) is 2.